The number of anilines is 1. The first-order valence-electron chi connectivity index (χ1n) is 9.43. The second kappa shape index (κ2) is 8.63. The molecule has 0 aliphatic carbocycles. The Balaban J connectivity index is 1.64. The van der Waals surface area contributed by atoms with Gasteiger partial charge in [-0.3, -0.25) is 0 Å². The minimum atomic E-state index is -0.572. The number of nitrogens with two attached hydrogens (primary N) is 1. The van der Waals surface area contributed by atoms with Crippen molar-refractivity contribution in [3.05, 3.63) is 101 Å². The highest BCUT2D eigenvalue weighted by Crippen LogP contribution is 2.32. The SMILES string of the molecule is COc1ccc([C@H](Cc2ccc(-c3c(F)cccc3F)cc2)c2csc(N)n2)cc1. The van der Waals surface area contributed by atoms with Gasteiger partial charge in [0.25, 0.3) is 0 Å². The lowest BCUT2D eigenvalue weighted by atomic mass is 9.89. The van der Waals surface area contributed by atoms with Crippen LogP contribution in [0, 0.1) is 11.6 Å². The van der Waals surface area contributed by atoms with Crippen LogP contribution in [0.3, 0.4) is 0 Å². The number of benzene rings is 3. The van der Waals surface area contributed by atoms with Crippen molar-refractivity contribution in [2.45, 2.75) is 12.3 Å². The first kappa shape index (κ1) is 20.0. The summed E-state index contributed by atoms with van der Waals surface area (Å²) >= 11 is 1.41. The second-order valence-corrected chi connectivity index (χ2v) is 7.82. The first-order valence-corrected chi connectivity index (χ1v) is 10.3. The molecule has 2 N–H and O–H groups in total. The number of thiazole rings is 1. The van der Waals surface area contributed by atoms with Crippen molar-refractivity contribution in [1.82, 2.24) is 4.98 Å². The smallest absolute Gasteiger partial charge is 0.180 e. The maximum atomic E-state index is 14.1. The van der Waals surface area contributed by atoms with Gasteiger partial charge in [0.15, 0.2) is 5.13 Å². The van der Waals surface area contributed by atoms with Gasteiger partial charge in [-0.2, -0.15) is 0 Å². The van der Waals surface area contributed by atoms with E-state index in [1.165, 1.54) is 29.5 Å². The van der Waals surface area contributed by atoms with Crippen LogP contribution in [0.5, 0.6) is 5.75 Å². The molecule has 0 amide bonds. The van der Waals surface area contributed by atoms with Crippen molar-refractivity contribution in [3.8, 4) is 16.9 Å². The Labute approximate surface area is 177 Å². The summed E-state index contributed by atoms with van der Waals surface area (Å²) in [4.78, 5) is 4.48. The van der Waals surface area contributed by atoms with Crippen molar-refractivity contribution in [3.63, 3.8) is 0 Å². The standard InChI is InChI=1S/C24H20F2N2OS/c1-29-18-11-9-16(10-12-18)19(22-14-30-24(27)28-22)13-15-5-7-17(8-6-15)23-20(25)3-2-4-21(23)26/h2-12,14,19H,13H2,1H3,(H2,27,28)/t19-/m0/s1. The number of methoxy groups -OCH3 is 1. The van der Waals surface area contributed by atoms with E-state index >= 15 is 0 Å². The fraction of sp³-hybridized carbons (Fsp3) is 0.125. The third-order valence-electron chi connectivity index (χ3n) is 5.06. The van der Waals surface area contributed by atoms with Gasteiger partial charge < -0.3 is 10.5 Å². The zero-order valence-electron chi connectivity index (χ0n) is 16.3. The lowest BCUT2D eigenvalue weighted by Crippen LogP contribution is -2.06. The Morgan fingerprint density at radius 1 is 0.967 bits per heavy atom. The largest absolute Gasteiger partial charge is 0.497 e. The molecular weight excluding hydrogens is 402 g/mol. The molecule has 0 spiro atoms. The van der Waals surface area contributed by atoms with Crippen LogP contribution < -0.4 is 10.5 Å². The van der Waals surface area contributed by atoms with Gasteiger partial charge in [-0.25, -0.2) is 13.8 Å². The van der Waals surface area contributed by atoms with E-state index in [4.69, 9.17) is 10.5 Å². The molecule has 0 fully saturated rings. The molecule has 1 aromatic heterocycles. The van der Waals surface area contributed by atoms with E-state index in [9.17, 15) is 8.78 Å². The highest BCUT2D eigenvalue weighted by molar-refractivity contribution is 7.13. The molecule has 30 heavy (non-hydrogen) atoms. The molecule has 0 saturated carbocycles. The van der Waals surface area contributed by atoms with Crippen LogP contribution in [-0.2, 0) is 6.42 Å². The molecule has 1 atom stereocenters. The van der Waals surface area contributed by atoms with Crippen LogP contribution in [0.1, 0.15) is 22.7 Å². The summed E-state index contributed by atoms with van der Waals surface area (Å²) in [5.74, 6) is -0.360. The van der Waals surface area contributed by atoms with Crippen molar-refractivity contribution >= 4 is 16.5 Å². The molecule has 152 valence electrons. The molecule has 3 nitrogen and oxygen atoms in total. The molecule has 0 bridgehead atoms. The Morgan fingerprint density at radius 2 is 1.63 bits per heavy atom. The van der Waals surface area contributed by atoms with Gasteiger partial charge in [-0.1, -0.05) is 42.5 Å². The van der Waals surface area contributed by atoms with Crippen molar-refractivity contribution in [2.24, 2.45) is 0 Å². The van der Waals surface area contributed by atoms with E-state index in [-0.39, 0.29) is 11.5 Å². The van der Waals surface area contributed by atoms with E-state index < -0.39 is 11.6 Å². The summed E-state index contributed by atoms with van der Waals surface area (Å²) < 4.78 is 33.4. The highest BCUT2D eigenvalue weighted by atomic mass is 32.1. The summed E-state index contributed by atoms with van der Waals surface area (Å²) in [5, 5.41) is 2.49. The fourth-order valence-corrected chi connectivity index (χ4v) is 4.12. The van der Waals surface area contributed by atoms with Gasteiger partial charge >= 0.3 is 0 Å². The van der Waals surface area contributed by atoms with E-state index in [0.717, 1.165) is 22.6 Å². The Morgan fingerprint density at radius 3 is 2.20 bits per heavy atom. The van der Waals surface area contributed by atoms with E-state index in [2.05, 4.69) is 4.98 Å². The summed E-state index contributed by atoms with van der Waals surface area (Å²) in [6.07, 6.45) is 0.676. The number of nitrogens with zero attached hydrogens (tertiary/aromatic N) is 1. The molecule has 0 aliphatic rings. The number of hydrogen-bond donors (Lipinski definition) is 1. The molecule has 0 saturated heterocycles. The summed E-state index contributed by atoms with van der Waals surface area (Å²) in [7, 11) is 1.63. The van der Waals surface area contributed by atoms with Gasteiger partial charge in [0.2, 0.25) is 0 Å². The molecule has 0 aliphatic heterocycles. The molecule has 6 heteroatoms. The van der Waals surface area contributed by atoms with Crippen molar-refractivity contribution in [1.29, 1.82) is 0 Å². The van der Waals surface area contributed by atoms with E-state index in [1.54, 1.807) is 19.2 Å². The first-order chi connectivity index (χ1) is 14.5. The number of ether oxygens (including phenoxy) is 1. The topological polar surface area (TPSA) is 48.1 Å². The van der Waals surface area contributed by atoms with Crippen LogP contribution in [0.2, 0.25) is 0 Å². The Hall–Kier alpha value is -3.25. The molecule has 4 rings (SSSR count). The van der Waals surface area contributed by atoms with E-state index in [0.29, 0.717) is 17.1 Å². The third-order valence-corrected chi connectivity index (χ3v) is 5.75. The van der Waals surface area contributed by atoms with Crippen LogP contribution >= 0.6 is 11.3 Å². The van der Waals surface area contributed by atoms with Gasteiger partial charge in [0, 0.05) is 11.3 Å². The van der Waals surface area contributed by atoms with Crippen molar-refractivity contribution in [2.75, 3.05) is 12.8 Å². The average Bonchev–Trinajstić information content (AvgIpc) is 3.19. The normalized spacial score (nSPS) is 12.0. The third kappa shape index (κ3) is 4.19. The summed E-state index contributed by atoms with van der Waals surface area (Å²) in [6.45, 7) is 0. The van der Waals surface area contributed by atoms with Crippen LogP contribution in [0.25, 0.3) is 11.1 Å². The number of rotatable bonds is 6. The van der Waals surface area contributed by atoms with E-state index in [1.807, 2.05) is 41.8 Å². The predicted octanol–water partition coefficient (Wildman–Crippen LogP) is 6.05. The average molecular weight is 423 g/mol. The van der Waals surface area contributed by atoms with Crippen LogP contribution in [-0.4, -0.2) is 12.1 Å². The molecule has 0 radical (unpaired) electrons. The van der Waals surface area contributed by atoms with Crippen molar-refractivity contribution < 1.29 is 13.5 Å². The number of halogens is 2. The molecule has 4 aromatic rings. The quantitative estimate of drug-likeness (QED) is 0.411. The lowest BCUT2D eigenvalue weighted by Gasteiger charge is -2.17. The minimum Gasteiger partial charge on any atom is -0.497 e. The highest BCUT2D eigenvalue weighted by Gasteiger charge is 2.19. The molecule has 1 heterocycles. The minimum absolute atomic E-state index is 0.000466. The lowest BCUT2D eigenvalue weighted by molar-refractivity contribution is 0.414. The summed E-state index contributed by atoms with van der Waals surface area (Å²) in [5.41, 5.74) is 9.37. The monoisotopic (exact) mass is 422 g/mol. The predicted molar refractivity (Wildman–Crippen MR) is 117 cm³/mol. The number of nitrogen functional groups attached to an aromatic ring is 1. The Kier molecular flexibility index (Phi) is 5.77. The Bertz CT molecular complexity index is 1120. The molecular formula is C24H20F2N2OS. The second-order valence-electron chi connectivity index (χ2n) is 6.93. The maximum absolute atomic E-state index is 14.1. The summed E-state index contributed by atoms with van der Waals surface area (Å²) in [6, 6.07) is 19.0. The molecule has 0 unspecified atom stereocenters. The van der Waals surface area contributed by atoms with Crippen LogP contribution in [0.15, 0.2) is 72.1 Å². The fourth-order valence-electron chi connectivity index (χ4n) is 3.51. The molecule has 3 aromatic carbocycles. The van der Waals surface area contributed by atoms with Gasteiger partial charge in [-0.15, -0.1) is 11.3 Å². The number of aromatic nitrogens is 1. The van der Waals surface area contributed by atoms with Gasteiger partial charge in [-0.05, 0) is 47.4 Å². The number of hydrogen-bond acceptors (Lipinski definition) is 4. The maximum Gasteiger partial charge on any atom is 0.180 e. The van der Waals surface area contributed by atoms with Crippen LogP contribution in [0.4, 0.5) is 13.9 Å². The zero-order chi connectivity index (χ0) is 21.1. The van der Waals surface area contributed by atoms with Gasteiger partial charge in [0.1, 0.15) is 17.4 Å². The van der Waals surface area contributed by atoms with Gasteiger partial charge in [0.05, 0.1) is 18.4 Å². The zero-order valence-corrected chi connectivity index (χ0v) is 17.1.